The number of halogens is 1. The van der Waals surface area contributed by atoms with Gasteiger partial charge in [-0.05, 0) is 45.0 Å². The van der Waals surface area contributed by atoms with Crippen molar-refractivity contribution in [1.29, 1.82) is 0 Å². The highest BCUT2D eigenvalue weighted by Crippen LogP contribution is 2.10. The molecule has 3 heteroatoms. The molecule has 0 bridgehead atoms. The van der Waals surface area contributed by atoms with Gasteiger partial charge in [0.15, 0.2) is 0 Å². The molecule has 0 aromatic heterocycles. The largest absolute Gasteiger partial charge is 0.317 e. The molecule has 0 radical (unpaired) electrons. The van der Waals surface area contributed by atoms with Crippen molar-refractivity contribution in [3.63, 3.8) is 0 Å². The van der Waals surface area contributed by atoms with Gasteiger partial charge in [0.25, 0.3) is 0 Å². The Labute approximate surface area is 111 Å². The fraction of sp³-hybridized carbons (Fsp3) is 0.571. The summed E-state index contributed by atoms with van der Waals surface area (Å²) >= 11 is 0. The van der Waals surface area contributed by atoms with Gasteiger partial charge in [0, 0.05) is 12.6 Å². The van der Waals surface area contributed by atoms with Crippen LogP contribution in [0, 0.1) is 0 Å². The summed E-state index contributed by atoms with van der Waals surface area (Å²) < 4.78 is 0. The predicted molar refractivity (Wildman–Crippen MR) is 75.9 cm³/mol. The van der Waals surface area contributed by atoms with Gasteiger partial charge in [-0.1, -0.05) is 30.3 Å². The Morgan fingerprint density at radius 3 is 2.41 bits per heavy atom. The van der Waals surface area contributed by atoms with E-state index in [0.29, 0.717) is 0 Å². The third-order valence-electron chi connectivity index (χ3n) is 3.56. The number of hydrogen-bond donors (Lipinski definition) is 1. The fourth-order valence-corrected chi connectivity index (χ4v) is 2.38. The molecule has 1 aliphatic rings. The van der Waals surface area contributed by atoms with Crippen LogP contribution in [0.5, 0.6) is 0 Å². The van der Waals surface area contributed by atoms with Gasteiger partial charge in [0.1, 0.15) is 0 Å². The lowest BCUT2D eigenvalue weighted by molar-refractivity contribution is 0.204. The van der Waals surface area contributed by atoms with Crippen LogP contribution in [0.2, 0.25) is 0 Å². The summed E-state index contributed by atoms with van der Waals surface area (Å²) in [6.45, 7) is 3.71. The van der Waals surface area contributed by atoms with Crippen LogP contribution in [0.15, 0.2) is 30.3 Å². The van der Waals surface area contributed by atoms with Gasteiger partial charge in [-0.15, -0.1) is 12.4 Å². The summed E-state index contributed by atoms with van der Waals surface area (Å²) in [5.41, 5.74) is 1.46. The van der Waals surface area contributed by atoms with Crippen LogP contribution in [0.4, 0.5) is 0 Å². The summed E-state index contributed by atoms with van der Waals surface area (Å²) in [6, 6.07) is 11.5. The Hall–Kier alpha value is -0.570. The van der Waals surface area contributed by atoms with Gasteiger partial charge in [-0.25, -0.2) is 0 Å². The van der Waals surface area contributed by atoms with Crippen LogP contribution in [0.1, 0.15) is 18.4 Å². The highest BCUT2D eigenvalue weighted by molar-refractivity contribution is 5.85. The van der Waals surface area contributed by atoms with Crippen LogP contribution >= 0.6 is 12.4 Å². The first-order chi connectivity index (χ1) is 7.88. The molecule has 1 aromatic rings. The second-order valence-electron chi connectivity index (χ2n) is 4.64. The van der Waals surface area contributed by atoms with Crippen molar-refractivity contribution in [2.75, 3.05) is 26.7 Å². The number of nitrogens with zero attached hydrogens (tertiary/aromatic N) is 1. The number of piperidine rings is 1. The molecule has 1 N–H and O–H groups in total. The van der Waals surface area contributed by atoms with E-state index in [-0.39, 0.29) is 12.4 Å². The first-order valence-corrected chi connectivity index (χ1v) is 6.32. The Bertz CT molecular complexity index is 294. The third kappa shape index (κ3) is 4.66. The zero-order chi connectivity index (χ0) is 11.2. The lowest BCUT2D eigenvalue weighted by Gasteiger charge is -2.31. The van der Waals surface area contributed by atoms with Crippen LogP contribution in [-0.2, 0) is 6.42 Å². The van der Waals surface area contributed by atoms with Crippen molar-refractivity contribution >= 4 is 12.4 Å². The van der Waals surface area contributed by atoms with Gasteiger partial charge >= 0.3 is 0 Å². The highest BCUT2D eigenvalue weighted by atomic mass is 35.5. The second-order valence-corrected chi connectivity index (χ2v) is 4.64. The van der Waals surface area contributed by atoms with Crippen molar-refractivity contribution in [3.8, 4) is 0 Å². The van der Waals surface area contributed by atoms with Crippen LogP contribution in [-0.4, -0.2) is 37.6 Å². The average molecular weight is 255 g/mol. The molecule has 96 valence electrons. The van der Waals surface area contributed by atoms with E-state index < -0.39 is 0 Å². The molecule has 2 rings (SSSR count). The molecule has 0 amide bonds. The first-order valence-electron chi connectivity index (χ1n) is 6.32. The summed E-state index contributed by atoms with van der Waals surface area (Å²) in [5.74, 6) is 0. The Balaban J connectivity index is 0.00000144. The molecule has 0 spiro atoms. The summed E-state index contributed by atoms with van der Waals surface area (Å²) in [6.07, 6.45) is 3.78. The number of hydrogen-bond acceptors (Lipinski definition) is 2. The van der Waals surface area contributed by atoms with Crippen molar-refractivity contribution in [2.24, 2.45) is 0 Å². The van der Waals surface area contributed by atoms with E-state index in [1.54, 1.807) is 0 Å². The topological polar surface area (TPSA) is 15.3 Å². The molecular weight excluding hydrogens is 232 g/mol. The zero-order valence-electron chi connectivity index (χ0n) is 10.6. The predicted octanol–water partition coefficient (Wildman–Crippen LogP) is 2.33. The number of nitrogens with one attached hydrogen (secondary N) is 1. The molecule has 0 unspecified atom stereocenters. The van der Waals surface area contributed by atoms with Gasteiger partial charge in [0.2, 0.25) is 0 Å². The molecular formula is C14H23ClN2. The number of benzene rings is 1. The molecule has 0 atom stereocenters. The lowest BCUT2D eigenvalue weighted by atomic mass is 10.0. The van der Waals surface area contributed by atoms with Crippen molar-refractivity contribution in [1.82, 2.24) is 10.2 Å². The van der Waals surface area contributed by atoms with E-state index in [2.05, 4.69) is 47.6 Å². The molecule has 1 saturated heterocycles. The number of likely N-dealkylation sites (tertiary alicyclic amines) is 1. The Kier molecular flexibility index (Phi) is 6.56. The minimum atomic E-state index is 0. The molecule has 1 aromatic carbocycles. The minimum absolute atomic E-state index is 0. The van der Waals surface area contributed by atoms with E-state index >= 15 is 0 Å². The summed E-state index contributed by atoms with van der Waals surface area (Å²) in [5, 5.41) is 3.37. The van der Waals surface area contributed by atoms with Crippen LogP contribution in [0.3, 0.4) is 0 Å². The minimum Gasteiger partial charge on any atom is -0.317 e. The van der Waals surface area contributed by atoms with Crippen molar-refractivity contribution in [3.05, 3.63) is 35.9 Å². The van der Waals surface area contributed by atoms with E-state index in [0.717, 1.165) is 6.04 Å². The maximum atomic E-state index is 3.37. The van der Waals surface area contributed by atoms with Crippen molar-refractivity contribution in [2.45, 2.75) is 25.3 Å². The monoisotopic (exact) mass is 254 g/mol. The Morgan fingerprint density at radius 1 is 1.18 bits per heavy atom. The van der Waals surface area contributed by atoms with E-state index in [1.807, 2.05) is 0 Å². The SMILES string of the molecule is CNC1CCN(CCc2ccccc2)CC1.Cl. The average Bonchev–Trinajstić information content (AvgIpc) is 2.38. The fourth-order valence-electron chi connectivity index (χ4n) is 2.38. The van der Waals surface area contributed by atoms with Gasteiger partial charge < -0.3 is 10.2 Å². The molecule has 0 saturated carbocycles. The molecule has 1 heterocycles. The van der Waals surface area contributed by atoms with E-state index in [4.69, 9.17) is 0 Å². The molecule has 0 aliphatic carbocycles. The first kappa shape index (κ1) is 14.5. The zero-order valence-corrected chi connectivity index (χ0v) is 11.4. The van der Waals surface area contributed by atoms with E-state index in [1.165, 1.54) is 44.5 Å². The quantitative estimate of drug-likeness (QED) is 0.887. The van der Waals surface area contributed by atoms with Crippen LogP contribution < -0.4 is 5.32 Å². The maximum Gasteiger partial charge on any atom is 0.00884 e. The highest BCUT2D eigenvalue weighted by Gasteiger charge is 2.16. The van der Waals surface area contributed by atoms with Crippen molar-refractivity contribution < 1.29 is 0 Å². The summed E-state index contributed by atoms with van der Waals surface area (Å²) in [7, 11) is 2.07. The molecule has 17 heavy (non-hydrogen) atoms. The van der Waals surface area contributed by atoms with Gasteiger partial charge in [0.05, 0.1) is 0 Å². The normalized spacial score (nSPS) is 17.7. The molecule has 1 fully saturated rings. The summed E-state index contributed by atoms with van der Waals surface area (Å²) in [4.78, 5) is 2.58. The lowest BCUT2D eigenvalue weighted by Crippen LogP contribution is -2.41. The molecule has 2 nitrogen and oxygen atoms in total. The standard InChI is InChI=1S/C14H22N2.ClH/c1-15-14-8-11-16(12-9-14)10-7-13-5-3-2-4-6-13;/h2-6,14-15H,7-12H2,1H3;1H. The molecule has 1 aliphatic heterocycles. The van der Waals surface area contributed by atoms with Crippen LogP contribution in [0.25, 0.3) is 0 Å². The van der Waals surface area contributed by atoms with Gasteiger partial charge in [-0.2, -0.15) is 0 Å². The Morgan fingerprint density at radius 2 is 1.82 bits per heavy atom. The number of rotatable bonds is 4. The smallest absolute Gasteiger partial charge is 0.00884 e. The third-order valence-corrected chi connectivity index (χ3v) is 3.56. The van der Waals surface area contributed by atoms with E-state index in [9.17, 15) is 0 Å². The van der Waals surface area contributed by atoms with Gasteiger partial charge in [-0.3, -0.25) is 0 Å². The maximum absolute atomic E-state index is 3.37. The second kappa shape index (κ2) is 7.70.